The molecular weight excluding hydrogens is 746 g/mol. The smallest absolute Gasteiger partial charge is 0.245 e. The van der Waals surface area contributed by atoms with Gasteiger partial charge in [-0.3, -0.25) is 19.1 Å². The maximum atomic E-state index is 14.7. The van der Waals surface area contributed by atoms with Crippen LogP contribution in [0, 0.1) is 19.3 Å². The van der Waals surface area contributed by atoms with Gasteiger partial charge < -0.3 is 9.64 Å². The number of benzene rings is 1. The minimum atomic E-state index is -0.653. The van der Waals surface area contributed by atoms with Crippen LogP contribution in [0.3, 0.4) is 0 Å². The summed E-state index contributed by atoms with van der Waals surface area (Å²) >= 11 is 3.45. The molecule has 276 valence electrons. The van der Waals surface area contributed by atoms with Crippen molar-refractivity contribution < 1.29 is 19.1 Å². The first-order chi connectivity index (χ1) is 26.1. The topological polar surface area (TPSA) is 133 Å². The average Bonchev–Trinajstić information content (AvgIpc) is 3.56. The van der Waals surface area contributed by atoms with Crippen molar-refractivity contribution in [2.45, 2.75) is 90.8 Å². The quantitative estimate of drug-likeness (QED) is 0.106. The predicted molar refractivity (Wildman–Crippen MR) is 207 cm³/mol. The normalized spacial score (nSPS) is 21.4. The van der Waals surface area contributed by atoms with E-state index in [0.29, 0.717) is 52.5 Å². The van der Waals surface area contributed by atoms with Crippen LogP contribution >= 0.6 is 15.9 Å². The number of amides is 1. The molecule has 3 atom stereocenters. The Bertz CT molecular complexity index is 2320. The molecule has 0 unspecified atom stereocenters. The Balaban J connectivity index is 1.20. The second kappa shape index (κ2) is 14.6. The van der Waals surface area contributed by atoms with E-state index in [1.54, 1.807) is 22.0 Å². The molecule has 1 saturated heterocycles. The standard InChI is InChI=1S/C42H42BrN7O4/c1-25-14-15-37(43)47-33(25)18-35(52)34-19-42-20-36(42)50(34)39(53)23-49-41-28(10-7-5-4-6-8-11-31-12-9-13-38(46-31)54-24-42)16-29(30-21-44-27(3)45-22-30)17-32(41)40(48-49)26(2)51/h6,8-9,12-17,21-22,34,36H,4-5,7,10-11,18-20,23-24H2,1-3H3/t34-,36+,42-/m0/s1. The molecule has 6 heterocycles. The number of ketones is 2. The van der Waals surface area contributed by atoms with Gasteiger partial charge in [-0.25, -0.2) is 19.9 Å². The fourth-order valence-corrected chi connectivity index (χ4v) is 8.48. The van der Waals surface area contributed by atoms with Gasteiger partial charge in [0, 0.05) is 59.9 Å². The summed E-state index contributed by atoms with van der Waals surface area (Å²) in [5.74, 6) is 0.756. The summed E-state index contributed by atoms with van der Waals surface area (Å²) in [4.78, 5) is 62.0. The number of pyridine rings is 2. The molecule has 2 fully saturated rings. The minimum Gasteiger partial charge on any atom is -0.477 e. The summed E-state index contributed by atoms with van der Waals surface area (Å²) in [6.07, 6.45) is 13.4. The fourth-order valence-electron chi connectivity index (χ4n) is 8.13. The lowest BCUT2D eigenvalue weighted by Gasteiger charge is -2.27. The molecule has 8 rings (SSSR count). The first-order valence-corrected chi connectivity index (χ1v) is 19.4. The number of hydrogen-bond donors (Lipinski definition) is 0. The summed E-state index contributed by atoms with van der Waals surface area (Å²) in [6, 6.07) is 12.9. The maximum Gasteiger partial charge on any atom is 0.245 e. The zero-order valence-electron chi connectivity index (χ0n) is 30.7. The number of aromatic nitrogens is 6. The Labute approximate surface area is 322 Å². The van der Waals surface area contributed by atoms with Crippen molar-refractivity contribution in [3.63, 3.8) is 0 Å². The highest BCUT2D eigenvalue weighted by Gasteiger charge is 2.67. The molecular formula is C42H42BrN7O4. The number of rotatable bonds is 5. The first kappa shape index (κ1) is 35.9. The SMILES string of the molecule is CC(=O)c1nn2c3c(cc(-c4cnc(C)nc4)cc13)CCCCC=CCc1cccc(n1)OC[C@@]13C[C@@H](C(=O)Cc4nc(Br)ccc4C)N(C(=O)C2)[C@@H]1C3. The van der Waals surface area contributed by atoms with Crippen molar-refractivity contribution >= 4 is 44.3 Å². The Morgan fingerprint density at radius 1 is 1.00 bits per heavy atom. The molecule has 3 aliphatic rings. The fraction of sp³-hybridized carbons (Fsp3) is 0.381. The monoisotopic (exact) mass is 787 g/mol. The van der Waals surface area contributed by atoms with E-state index in [2.05, 4.69) is 49.1 Å². The molecule has 12 heteroatoms. The van der Waals surface area contributed by atoms with Gasteiger partial charge in [0.2, 0.25) is 11.8 Å². The second-order valence-corrected chi connectivity index (χ2v) is 15.7. The van der Waals surface area contributed by atoms with Crippen LogP contribution in [0.5, 0.6) is 5.88 Å². The number of fused-ring (bicyclic) bond motifs is 2. The Morgan fingerprint density at radius 3 is 2.65 bits per heavy atom. The number of ether oxygens (including phenoxy) is 1. The van der Waals surface area contributed by atoms with E-state index >= 15 is 0 Å². The van der Waals surface area contributed by atoms with Gasteiger partial charge in [-0.15, -0.1) is 0 Å². The second-order valence-electron chi connectivity index (χ2n) is 14.9. The van der Waals surface area contributed by atoms with Crippen LogP contribution in [0.25, 0.3) is 22.0 Å². The number of carbonyl (C=O) groups excluding carboxylic acids is 3. The number of piperidine rings is 1. The zero-order chi connectivity index (χ0) is 37.6. The van der Waals surface area contributed by atoms with E-state index in [4.69, 9.17) is 14.8 Å². The van der Waals surface area contributed by atoms with Crippen LogP contribution in [0.4, 0.5) is 0 Å². The van der Waals surface area contributed by atoms with Gasteiger partial charge in [-0.1, -0.05) is 24.3 Å². The molecule has 1 saturated carbocycles. The summed E-state index contributed by atoms with van der Waals surface area (Å²) < 4.78 is 8.67. The van der Waals surface area contributed by atoms with Crippen LogP contribution in [0.15, 0.2) is 71.6 Å². The molecule has 0 N–H and O–H groups in total. The first-order valence-electron chi connectivity index (χ1n) is 18.6. The van der Waals surface area contributed by atoms with E-state index < -0.39 is 6.04 Å². The summed E-state index contributed by atoms with van der Waals surface area (Å²) in [6.45, 7) is 5.53. The minimum absolute atomic E-state index is 0.0608. The molecule has 1 aromatic carbocycles. The Kier molecular flexibility index (Phi) is 9.72. The van der Waals surface area contributed by atoms with Crippen molar-refractivity contribution in [3.8, 4) is 17.0 Å². The largest absolute Gasteiger partial charge is 0.477 e. The molecule has 0 spiro atoms. The van der Waals surface area contributed by atoms with E-state index in [1.807, 2.05) is 50.2 Å². The van der Waals surface area contributed by atoms with Gasteiger partial charge in [-0.05, 0) is 109 Å². The van der Waals surface area contributed by atoms with Crippen molar-refractivity contribution in [2.75, 3.05) is 6.61 Å². The number of hydrogen-bond acceptors (Lipinski definition) is 9. The molecule has 5 aromatic rings. The number of nitrogens with zero attached hydrogens (tertiary/aromatic N) is 7. The number of carbonyl (C=O) groups is 3. The summed E-state index contributed by atoms with van der Waals surface area (Å²) in [5.41, 5.74) is 5.94. The highest BCUT2D eigenvalue weighted by atomic mass is 79.9. The lowest BCUT2D eigenvalue weighted by atomic mass is 9.95. The number of halogens is 1. The van der Waals surface area contributed by atoms with Crippen molar-refractivity contribution in [2.24, 2.45) is 5.41 Å². The zero-order valence-corrected chi connectivity index (χ0v) is 32.3. The van der Waals surface area contributed by atoms with Crippen molar-refractivity contribution in [1.29, 1.82) is 0 Å². The van der Waals surface area contributed by atoms with E-state index in [1.165, 1.54) is 6.92 Å². The molecule has 4 aromatic heterocycles. The molecule has 1 aliphatic carbocycles. The van der Waals surface area contributed by atoms with Gasteiger partial charge in [0.25, 0.3) is 0 Å². The lowest BCUT2D eigenvalue weighted by molar-refractivity contribution is -0.139. The maximum absolute atomic E-state index is 14.7. The Morgan fingerprint density at radius 2 is 1.83 bits per heavy atom. The third-order valence-electron chi connectivity index (χ3n) is 11.1. The summed E-state index contributed by atoms with van der Waals surface area (Å²) in [7, 11) is 0. The van der Waals surface area contributed by atoms with Crippen LogP contribution in [-0.2, 0) is 35.4 Å². The van der Waals surface area contributed by atoms with Crippen LogP contribution < -0.4 is 4.74 Å². The van der Waals surface area contributed by atoms with Gasteiger partial charge in [-0.2, -0.15) is 5.10 Å². The van der Waals surface area contributed by atoms with E-state index in [-0.39, 0.29) is 41.9 Å². The third-order valence-corrected chi connectivity index (χ3v) is 11.5. The van der Waals surface area contributed by atoms with E-state index in [0.717, 1.165) is 65.6 Å². The Hall–Kier alpha value is -5.10. The third kappa shape index (κ3) is 7.11. The van der Waals surface area contributed by atoms with Gasteiger partial charge in [0.15, 0.2) is 11.6 Å². The molecule has 4 bridgehead atoms. The number of allylic oxidation sites excluding steroid dienone is 2. The predicted octanol–water partition coefficient (Wildman–Crippen LogP) is 6.94. The number of aryl methyl sites for hydroxylation is 3. The van der Waals surface area contributed by atoms with E-state index in [9.17, 15) is 14.4 Å². The van der Waals surface area contributed by atoms with Crippen LogP contribution in [0.1, 0.15) is 77.9 Å². The van der Waals surface area contributed by atoms with Crippen LogP contribution in [0.2, 0.25) is 0 Å². The molecule has 11 nitrogen and oxygen atoms in total. The van der Waals surface area contributed by atoms with Gasteiger partial charge in [0.05, 0.1) is 30.3 Å². The molecule has 0 radical (unpaired) electrons. The number of Topliss-reactive ketones (excluding diaryl/α,β-unsaturated/α-hetero) is 2. The highest BCUT2D eigenvalue weighted by Crippen LogP contribution is 2.60. The molecule has 2 aliphatic heterocycles. The van der Waals surface area contributed by atoms with Crippen molar-refractivity contribution in [3.05, 3.63) is 106 Å². The molecule has 54 heavy (non-hydrogen) atoms. The van der Waals surface area contributed by atoms with Gasteiger partial charge in [0.1, 0.15) is 22.7 Å². The lowest BCUT2D eigenvalue weighted by Crippen LogP contribution is -2.45. The highest BCUT2D eigenvalue weighted by molar-refractivity contribution is 9.10. The summed E-state index contributed by atoms with van der Waals surface area (Å²) in [5, 5.41) is 5.50. The van der Waals surface area contributed by atoms with Crippen LogP contribution in [-0.4, -0.2) is 70.8 Å². The van der Waals surface area contributed by atoms with Crippen molar-refractivity contribution in [1.82, 2.24) is 34.6 Å². The molecule has 1 amide bonds. The average molecular weight is 789 g/mol. The van der Waals surface area contributed by atoms with Gasteiger partial charge >= 0.3 is 0 Å².